The fourth-order valence-electron chi connectivity index (χ4n) is 0.692. The van der Waals surface area contributed by atoms with Gasteiger partial charge in [-0.2, -0.15) is 0 Å². The molecule has 0 radical (unpaired) electrons. The molecule has 6 heteroatoms. The molecule has 2 N–H and O–H groups in total. The van der Waals surface area contributed by atoms with E-state index in [4.69, 9.17) is 5.73 Å². The summed E-state index contributed by atoms with van der Waals surface area (Å²) in [5.74, 6) is 0. The highest BCUT2D eigenvalue weighted by Gasteiger charge is 2.11. The second-order valence-corrected chi connectivity index (χ2v) is 1.91. The fraction of sp³-hybridized carbons (Fsp3) is 0. The van der Waals surface area contributed by atoms with Crippen molar-refractivity contribution in [2.24, 2.45) is 5.73 Å². The molecule has 0 aliphatic rings. The van der Waals surface area contributed by atoms with E-state index < -0.39 is 4.92 Å². The standard InChI is InChI=1S/C6H6N4O2/c7-2-1-5-6(10(11)12)3-8-4-9-5/h1-4H,7H2. The van der Waals surface area contributed by atoms with Crippen LogP contribution >= 0.6 is 0 Å². The van der Waals surface area contributed by atoms with E-state index >= 15 is 0 Å². The zero-order valence-corrected chi connectivity index (χ0v) is 6.04. The molecule has 0 saturated heterocycles. The van der Waals surface area contributed by atoms with Gasteiger partial charge in [0.2, 0.25) is 0 Å². The molecule has 0 amide bonds. The van der Waals surface area contributed by atoms with E-state index in [2.05, 4.69) is 9.97 Å². The summed E-state index contributed by atoms with van der Waals surface area (Å²) in [7, 11) is 0. The van der Waals surface area contributed by atoms with Crippen LogP contribution in [0.1, 0.15) is 5.69 Å². The third kappa shape index (κ3) is 1.54. The number of hydrogen-bond donors (Lipinski definition) is 1. The van der Waals surface area contributed by atoms with E-state index in [1.807, 2.05) is 0 Å². The van der Waals surface area contributed by atoms with Crippen molar-refractivity contribution in [1.82, 2.24) is 9.97 Å². The maximum Gasteiger partial charge on any atom is 0.313 e. The molecule has 0 spiro atoms. The molecule has 6 nitrogen and oxygen atoms in total. The van der Waals surface area contributed by atoms with Gasteiger partial charge in [0.15, 0.2) is 0 Å². The molecule has 0 aliphatic heterocycles. The first-order valence-corrected chi connectivity index (χ1v) is 3.08. The lowest BCUT2D eigenvalue weighted by atomic mass is 10.3. The zero-order valence-electron chi connectivity index (χ0n) is 6.04. The Hall–Kier alpha value is -1.98. The zero-order chi connectivity index (χ0) is 8.97. The summed E-state index contributed by atoms with van der Waals surface area (Å²) < 4.78 is 0. The number of nitrogens with zero attached hydrogens (tertiary/aromatic N) is 3. The van der Waals surface area contributed by atoms with Crippen LogP contribution in [-0.4, -0.2) is 14.9 Å². The van der Waals surface area contributed by atoms with Crippen molar-refractivity contribution < 1.29 is 4.92 Å². The Morgan fingerprint density at radius 2 is 2.42 bits per heavy atom. The number of hydrogen-bond acceptors (Lipinski definition) is 5. The Kier molecular flexibility index (Phi) is 2.32. The third-order valence-corrected chi connectivity index (χ3v) is 1.17. The lowest BCUT2D eigenvalue weighted by Gasteiger charge is -1.92. The molecule has 0 aromatic carbocycles. The van der Waals surface area contributed by atoms with Gasteiger partial charge in [-0.25, -0.2) is 9.97 Å². The van der Waals surface area contributed by atoms with E-state index in [0.29, 0.717) is 0 Å². The molecule has 0 unspecified atom stereocenters. The number of aromatic nitrogens is 2. The first kappa shape index (κ1) is 8.12. The van der Waals surface area contributed by atoms with Gasteiger partial charge in [0.1, 0.15) is 18.2 Å². The fourth-order valence-corrected chi connectivity index (χ4v) is 0.692. The maximum absolute atomic E-state index is 10.3. The minimum Gasteiger partial charge on any atom is -0.405 e. The monoisotopic (exact) mass is 166 g/mol. The first-order chi connectivity index (χ1) is 5.75. The van der Waals surface area contributed by atoms with E-state index in [0.717, 1.165) is 6.20 Å². The van der Waals surface area contributed by atoms with Crippen molar-refractivity contribution in [1.29, 1.82) is 0 Å². The topological polar surface area (TPSA) is 94.9 Å². The van der Waals surface area contributed by atoms with Gasteiger partial charge in [-0.1, -0.05) is 0 Å². The average molecular weight is 166 g/mol. The highest BCUT2D eigenvalue weighted by molar-refractivity contribution is 5.54. The first-order valence-electron chi connectivity index (χ1n) is 3.08. The predicted octanol–water partition coefficient (Wildman–Crippen LogP) is 0.314. The van der Waals surface area contributed by atoms with E-state index in [1.54, 1.807) is 0 Å². The Balaban J connectivity index is 3.17. The number of nitro groups is 1. The van der Waals surface area contributed by atoms with Crippen LogP contribution in [0.15, 0.2) is 18.7 Å². The molecule has 1 rings (SSSR count). The largest absolute Gasteiger partial charge is 0.405 e. The number of rotatable bonds is 2. The summed E-state index contributed by atoms with van der Waals surface area (Å²) in [6, 6.07) is 0. The molecule has 0 saturated carbocycles. The van der Waals surface area contributed by atoms with Gasteiger partial charge in [-0.05, 0) is 12.3 Å². The van der Waals surface area contributed by atoms with Crippen LogP contribution in [0.4, 0.5) is 5.69 Å². The van der Waals surface area contributed by atoms with Gasteiger partial charge >= 0.3 is 5.69 Å². The van der Waals surface area contributed by atoms with Gasteiger partial charge in [0.25, 0.3) is 0 Å². The summed E-state index contributed by atoms with van der Waals surface area (Å²) in [6.45, 7) is 0. The minimum absolute atomic E-state index is 0.154. The van der Waals surface area contributed by atoms with Crippen molar-refractivity contribution >= 4 is 11.8 Å². The van der Waals surface area contributed by atoms with E-state index in [-0.39, 0.29) is 11.4 Å². The smallest absolute Gasteiger partial charge is 0.313 e. The molecule has 1 heterocycles. The third-order valence-electron chi connectivity index (χ3n) is 1.17. The Bertz CT molecular complexity index is 323. The molecular formula is C6H6N4O2. The summed E-state index contributed by atoms with van der Waals surface area (Å²) in [4.78, 5) is 17.0. The average Bonchev–Trinajstić information content (AvgIpc) is 2.05. The highest BCUT2D eigenvalue weighted by Crippen LogP contribution is 2.13. The van der Waals surface area contributed by atoms with Gasteiger partial charge in [0, 0.05) is 0 Å². The molecule has 0 bridgehead atoms. The summed E-state index contributed by atoms with van der Waals surface area (Å²) in [6.07, 6.45) is 4.89. The minimum atomic E-state index is -0.560. The van der Waals surface area contributed by atoms with Crippen LogP contribution < -0.4 is 5.73 Å². The van der Waals surface area contributed by atoms with Crippen molar-refractivity contribution in [3.8, 4) is 0 Å². The lowest BCUT2D eigenvalue weighted by Crippen LogP contribution is -1.95. The Morgan fingerprint density at radius 1 is 1.67 bits per heavy atom. The van der Waals surface area contributed by atoms with Crippen molar-refractivity contribution in [3.05, 3.63) is 34.5 Å². The van der Waals surface area contributed by atoms with Crippen LogP contribution in [0, 0.1) is 10.1 Å². The summed E-state index contributed by atoms with van der Waals surface area (Å²) >= 11 is 0. The van der Waals surface area contributed by atoms with Crippen LogP contribution in [0.2, 0.25) is 0 Å². The van der Waals surface area contributed by atoms with Crippen LogP contribution in [0.3, 0.4) is 0 Å². The van der Waals surface area contributed by atoms with Crippen molar-refractivity contribution in [2.75, 3.05) is 0 Å². The van der Waals surface area contributed by atoms with Crippen LogP contribution in [-0.2, 0) is 0 Å². The van der Waals surface area contributed by atoms with Gasteiger partial charge < -0.3 is 5.73 Å². The van der Waals surface area contributed by atoms with Gasteiger partial charge in [-0.3, -0.25) is 10.1 Å². The summed E-state index contributed by atoms with van der Waals surface area (Å²) in [5, 5.41) is 10.3. The van der Waals surface area contributed by atoms with Crippen LogP contribution in [0.25, 0.3) is 6.08 Å². The molecule has 0 atom stereocenters. The number of nitrogens with two attached hydrogens (primary N) is 1. The molecule has 1 aromatic rings. The van der Waals surface area contributed by atoms with Crippen molar-refractivity contribution in [2.45, 2.75) is 0 Å². The molecule has 12 heavy (non-hydrogen) atoms. The lowest BCUT2D eigenvalue weighted by molar-refractivity contribution is -0.385. The Labute approximate surface area is 67.9 Å². The molecular weight excluding hydrogens is 160 g/mol. The SMILES string of the molecule is NC=Cc1ncncc1[N+](=O)[O-]. The van der Waals surface area contributed by atoms with E-state index in [1.165, 1.54) is 18.6 Å². The second kappa shape index (κ2) is 3.42. The highest BCUT2D eigenvalue weighted by atomic mass is 16.6. The summed E-state index contributed by atoms with van der Waals surface area (Å²) in [5.41, 5.74) is 5.12. The molecule has 1 aromatic heterocycles. The molecule has 0 aliphatic carbocycles. The van der Waals surface area contributed by atoms with Gasteiger partial charge in [0.05, 0.1) is 4.92 Å². The van der Waals surface area contributed by atoms with Gasteiger partial charge in [-0.15, -0.1) is 0 Å². The molecule has 0 fully saturated rings. The normalized spacial score (nSPS) is 10.3. The maximum atomic E-state index is 10.3. The second-order valence-electron chi connectivity index (χ2n) is 1.91. The van der Waals surface area contributed by atoms with E-state index in [9.17, 15) is 10.1 Å². The van der Waals surface area contributed by atoms with Crippen molar-refractivity contribution in [3.63, 3.8) is 0 Å². The quantitative estimate of drug-likeness (QED) is 0.504. The Morgan fingerprint density at radius 3 is 3.00 bits per heavy atom. The van der Waals surface area contributed by atoms with Crippen LogP contribution in [0.5, 0.6) is 0 Å². The predicted molar refractivity (Wildman–Crippen MR) is 41.9 cm³/mol. The molecule has 62 valence electrons.